The van der Waals surface area contributed by atoms with Crippen molar-refractivity contribution in [2.45, 2.75) is 77.4 Å². The Morgan fingerprint density at radius 1 is 1.04 bits per heavy atom. The molecule has 2 aromatic carbocycles. The lowest BCUT2D eigenvalue weighted by atomic mass is 9.93. The van der Waals surface area contributed by atoms with E-state index in [4.69, 9.17) is 24.2 Å². The number of esters is 1. The van der Waals surface area contributed by atoms with Crippen LogP contribution in [0.3, 0.4) is 0 Å². The molecular formula is C37H41N7O4. The number of aromatic nitrogens is 5. The van der Waals surface area contributed by atoms with Crippen LogP contribution in [0.2, 0.25) is 0 Å². The van der Waals surface area contributed by atoms with E-state index < -0.39 is 5.60 Å². The standard InChI is InChI=1S/C37H41N7O4/c1-37(2,3)48-36(45)26-9-11-30-33(19-26)44(21-27-14-17-46-27)34(39-30)22-43-15-12-25(13-16-43)29-6-5-7-35(40-29)47-23-24-8-10-28-31(20-38)41-42(4)32(28)18-24/h5-11,18-19,25,27H,12-17,21-23H2,1-4H3. The number of ether oxygens (including phenoxy) is 3. The van der Waals surface area contributed by atoms with Gasteiger partial charge in [-0.3, -0.25) is 9.58 Å². The maximum absolute atomic E-state index is 12.9. The van der Waals surface area contributed by atoms with Crippen molar-refractivity contribution in [2.24, 2.45) is 7.05 Å². The molecular weight excluding hydrogens is 606 g/mol. The monoisotopic (exact) mass is 647 g/mol. The molecule has 2 aliphatic heterocycles. The first-order valence-corrected chi connectivity index (χ1v) is 16.7. The van der Waals surface area contributed by atoms with Crippen molar-refractivity contribution in [3.05, 3.63) is 82.9 Å². The van der Waals surface area contributed by atoms with Gasteiger partial charge >= 0.3 is 5.97 Å². The fourth-order valence-electron chi connectivity index (χ4n) is 6.55. The number of benzene rings is 2. The zero-order valence-electron chi connectivity index (χ0n) is 28.0. The van der Waals surface area contributed by atoms with Gasteiger partial charge in [0, 0.05) is 36.7 Å². The molecule has 1 atom stereocenters. The van der Waals surface area contributed by atoms with E-state index in [0.29, 0.717) is 36.2 Å². The number of likely N-dealkylation sites (tertiary alicyclic amines) is 1. The summed E-state index contributed by atoms with van der Waals surface area (Å²) in [4.78, 5) is 25.2. The predicted molar refractivity (Wildman–Crippen MR) is 181 cm³/mol. The highest BCUT2D eigenvalue weighted by molar-refractivity contribution is 5.94. The Balaban J connectivity index is 1.00. The van der Waals surface area contributed by atoms with Crippen molar-refractivity contribution >= 4 is 27.9 Å². The molecule has 0 radical (unpaired) electrons. The molecule has 0 amide bonds. The first-order chi connectivity index (χ1) is 23.1. The summed E-state index contributed by atoms with van der Waals surface area (Å²) in [5.74, 6) is 1.61. The lowest BCUT2D eigenvalue weighted by molar-refractivity contribution is -0.0592. The molecule has 3 aromatic heterocycles. The fourth-order valence-corrected chi connectivity index (χ4v) is 6.55. The molecule has 5 heterocycles. The third kappa shape index (κ3) is 6.77. The molecule has 48 heavy (non-hydrogen) atoms. The minimum absolute atomic E-state index is 0.159. The van der Waals surface area contributed by atoms with Crippen molar-refractivity contribution in [2.75, 3.05) is 19.7 Å². The number of imidazole rings is 1. The highest BCUT2D eigenvalue weighted by atomic mass is 16.6. The van der Waals surface area contributed by atoms with Crippen LogP contribution >= 0.6 is 0 Å². The van der Waals surface area contributed by atoms with E-state index in [-0.39, 0.29) is 12.1 Å². The normalized spacial score (nSPS) is 17.4. The Labute approximate surface area is 280 Å². The van der Waals surface area contributed by atoms with Crippen LogP contribution in [0.4, 0.5) is 0 Å². The Morgan fingerprint density at radius 3 is 2.58 bits per heavy atom. The molecule has 0 aliphatic carbocycles. The predicted octanol–water partition coefficient (Wildman–Crippen LogP) is 5.89. The molecule has 11 nitrogen and oxygen atoms in total. The van der Waals surface area contributed by atoms with Crippen molar-refractivity contribution < 1.29 is 19.0 Å². The van der Waals surface area contributed by atoms with Gasteiger partial charge in [-0.25, -0.2) is 14.8 Å². The van der Waals surface area contributed by atoms with Crippen molar-refractivity contribution in [1.82, 2.24) is 29.2 Å². The number of hydrogen-bond acceptors (Lipinski definition) is 9. The van der Waals surface area contributed by atoms with Crippen LogP contribution in [0.1, 0.15) is 79.1 Å². The molecule has 11 heteroatoms. The molecule has 0 saturated carbocycles. The van der Waals surface area contributed by atoms with Gasteiger partial charge in [0.1, 0.15) is 24.1 Å². The maximum atomic E-state index is 12.9. The minimum atomic E-state index is -0.562. The summed E-state index contributed by atoms with van der Waals surface area (Å²) >= 11 is 0. The topological polar surface area (TPSA) is 120 Å². The lowest BCUT2D eigenvalue weighted by Gasteiger charge is -2.32. The average molecular weight is 648 g/mol. The third-order valence-corrected chi connectivity index (χ3v) is 9.17. The number of hydrogen-bond donors (Lipinski definition) is 0. The number of fused-ring (bicyclic) bond motifs is 2. The lowest BCUT2D eigenvalue weighted by Crippen LogP contribution is -2.35. The first-order valence-electron chi connectivity index (χ1n) is 16.7. The van der Waals surface area contributed by atoms with Gasteiger partial charge in [0.25, 0.3) is 0 Å². The summed E-state index contributed by atoms with van der Waals surface area (Å²) in [7, 11) is 1.84. The van der Waals surface area contributed by atoms with Gasteiger partial charge < -0.3 is 18.8 Å². The largest absolute Gasteiger partial charge is 0.473 e. The molecule has 7 rings (SSSR count). The highest BCUT2D eigenvalue weighted by Crippen LogP contribution is 2.30. The molecule has 2 saturated heterocycles. The van der Waals surface area contributed by atoms with Gasteiger partial charge in [0.05, 0.1) is 41.3 Å². The van der Waals surface area contributed by atoms with E-state index in [9.17, 15) is 10.1 Å². The second-order valence-corrected chi connectivity index (χ2v) is 13.8. The number of carbonyl (C=O) groups is 1. The van der Waals surface area contributed by atoms with E-state index in [0.717, 1.165) is 84.5 Å². The number of aryl methyl sites for hydroxylation is 1. The molecule has 0 spiro atoms. The van der Waals surface area contributed by atoms with Gasteiger partial charge in [0.15, 0.2) is 5.69 Å². The Hall–Kier alpha value is -4.79. The fraction of sp³-hybridized carbons (Fsp3) is 0.432. The van der Waals surface area contributed by atoms with Crippen LogP contribution in [0, 0.1) is 11.3 Å². The number of pyridine rings is 1. The second-order valence-electron chi connectivity index (χ2n) is 13.8. The van der Waals surface area contributed by atoms with Crippen LogP contribution in [0.5, 0.6) is 5.88 Å². The number of carbonyl (C=O) groups excluding carboxylic acids is 1. The van der Waals surface area contributed by atoms with Gasteiger partial charge in [-0.05, 0) is 95.1 Å². The molecule has 1 unspecified atom stereocenters. The summed E-state index contributed by atoms with van der Waals surface area (Å²) in [6.07, 6.45) is 3.16. The summed E-state index contributed by atoms with van der Waals surface area (Å²) < 4.78 is 21.5. The molecule has 0 bridgehead atoms. The van der Waals surface area contributed by atoms with E-state index in [1.807, 2.05) is 70.3 Å². The summed E-state index contributed by atoms with van der Waals surface area (Å²) in [6.45, 7) is 10.1. The van der Waals surface area contributed by atoms with Crippen LogP contribution in [0.15, 0.2) is 54.6 Å². The molecule has 0 N–H and O–H groups in total. The van der Waals surface area contributed by atoms with E-state index >= 15 is 0 Å². The van der Waals surface area contributed by atoms with E-state index in [2.05, 4.69) is 26.7 Å². The number of rotatable bonds is 9. The first kappa shape index (κ1) is 31.8. The van der Waals surface area contributed by atoms with Crippen LogP contribution in [0.25, 0.3) is 21.9 Å². The molecule has 2 aliphatic rings. The van der Waals surface area contributed by atoms with Crippen molar-refractivity contribution in [3.8, 4) is 11.9 Å². The number of nitrogens with zero attached hydrogens (tertiary/aromatic N) is 7. The molecule has 2 fully saturated rings. The van der Waals surface area contributed by atoms with Gasteiger partial charge in [-0.2, -0.15) is 10.4 Å². The zero-order valence-corrected chi connectivity index (χ0v) is 28.0. The smallest absolute Gasteiger partial charge is 0.338 e. The van der Waals surface area contributed by atoms with Gasteiger partial charge in [0.2, 0.25) is 5.88 Å². The summed E-state index contributed by atoms with van der Waals surface area (Å²) in [5, 5.41) is 14.5. The third-order valence-electron chi connectivity index (χ3n) is 9.17. The summed E-state index contributed by atoms with van der Waals surface area (Å²) in [5.41, 5.74) is 5.15. The highest BCUT2D eigenvalue weighted by Gasteiger charge is 2.27. The quantitative estimate of drug-likeness (QED) is 0.180. The maximum Gasteiger partial charge on any atom is 0.338 e. The van der Waals surface area contributed by atoms with Gasteiger partial charge in [-0.1, -0.05) is 12.1 Å². The zero-order chi connectivity index (χ0) is 33.4. The summed E-state index contributed by atoms with van der Waals surface area (Å²) in [6, 6.07) is 19.7. The second kappa shape index (κ2) is 13.0. The molecule has 248 valence electrons. The molecule has 5 aromatic rings. The van der Waals surface area contributed by atoms with Crippen molar-refractivity contribution in [3.63, 3.8) is 0 Å². The van der Waals surface area contributed by atoms with Gasteiger partial charge in [-0.15, -0.1) is 0 Å². The SMILES string of the molecule is Cn1nc(C#N)c2ccc(COc3cccc(C4CCN(Cc5nc6ccc(C(=O)OC(C)(C)C)cc6n5CC5CCO5)CC4)n3)cc21. The number of piperidine rings is 1. The number of nitriles is 1. The minimum Gasteiger partial charge on any atom is -0.473 e. The average Bonchev–Trinajstić information content (AvgIpc) is 3.56. The Bertz CT molecular complexity index is 2010. The Morgan fingerprint density at radius 2 is 1.85 bits per heavy atom. The van der Waals surface area contributed by atoms with Crippen molar-refractivity contribution in [1.29, 1.82) is 5.26 Å². The van der Waals surface area contributed by atoms with E-state index in [1.165, 1.54) is 0 Å². The Kier molecular flexibility index (Phi) is 8.62. The van der Waals surface area contributed by atoms with Crippen LogP contribution in [-0.4, -0.2) is 66.6 Å². The van der Waals surface area contributed by atoms with Crippen LogP contribution < -0.4 is 4.74 Å². The van der Waals surface area contributed by atoms with Crippen LogP contribution in [-0.2, 0) is 36.2 Å². The van der Waals surface area contributed by atoms with E-state index in [1.54, 1.807) is 10.7 Å².